The molecular formula is C16H16N6O3. The summed E-state index contributed by atoms with van der Waals surface area (Å²) in [5, 5.41) is 13.9. The SMILES string of the molecule is COc1ccc(C(Nc2ncc([N+](=O)[O-])cn2)c2nccn2C)cc1. The lowest BCUT2D eigenvalue weighted by Crippen LogP contribution is -2.18. The van der Waals surface area contributed by atoms with E-state index in [0.717, 1.165) is 17.1 Å². The van der Waals surface area contributed by atoms with Crippen molar-refractivity contribution in [3.8, 4) is 5.75 Å². The van der Waals surface area contributed by atoms with Gasteiger partial charge < -0.3 is 14.6 Å². The third kappa shape index (κ3) is 3.55. The van der Waals surface area contributed by atoms with Gasteiger partial charge in [0.1, 0.15) is 30.0 Å². The number of ether oxygens (including phenoxy) is 1. The van der Waals surface area contributed by atoms with Gasteiger partial charge in [0.15, 0.2) is 0 Å². The predicted octanol–water partition coefficient (Wildman–Crippen LogP) is 2.33. The molecule has 0 bridgehead atoms. The standard InChI is InChI=1S/C16H16N6O3/c1-21-8-7-17-15(21)14(11-3-5-13(25-2)6-4-11)20-16-18-9-12(10-19-16)22(23)24/h3-10,14H,1-2H3,(H,18,19,20). The number of aryl methyl sites for hydroxylation is 1. The normalized spacial score (nSPS) is 11.8. The van der Waals surface area contributed by atoms with E-state index < -0.39 is 4.92 Å². The van der Waals surface area contributed by atoms with Gasteiger partial charge in [-0.25, -0.2) is 15.0 Å². The smallest absolute Gasteiger partial charge is 0.305 e. The van der Waals surface area contributed by atoms with Gasteiger partial charge in [0, 0.05) is 19.4 Å². The van der Waals surface area contributed by atoms with Gasteiger partial charge in [0.05, 0.1) is 12.0 Å². The third-order valence-corrected chi connectivity index (χ3v) is 3.69. The van der Waals surface area contributed by atoms with Crippen LogP contribution >= 0.6 is 0 Å². The Labute approximate surface area is 143 Å². The zero-order chi connectivity index (χ0) is 17.8. The highest BCUT2D eigenvalue weighted by Gasteiger charge is 2.20. The second-order valence-electron chi connectivity index (χ2n) is 5.27. The van der Waals surface area contributed by atoms with E-state index in [1.165, 1.54) is 12.4 Å². The topological polar surface area (TPSA) is 108 Å². The molecule has 0 amide bonds. The molecule has 0 aliphatic rings. The number of methoxy groups -OCH3 is 1. The first-order valence-corrected chi connectivity index (χ1v) is 7.42. The molecule has 3 rings (SSSR count). The summed E-state index contributed by atoms with van der Waals surface area (Å²) >= 11 is 0. The minimum atomic E-state index is -0.538. The molecule has 1 unspecified atom stereocenters. The first-order valence-electron chi connectivity index (χ1n) is 7.42. The molecule has 0 radical (unpaired) electrons. The molecule has 0 spiro atoms. The van der Waals surface area contributed by atoms with E-state index in [2.05, 4.69) is 20.3 Å². The lowest BCUT2D eigenvalue weighted by atomic mass is 10.1. The van der Waals surface area contributed by atoms with Gasteiger partial charge in [-0.3, -0.25) is 10.1 Å². The first kappa shape index (κ1) is 16.4. The number of rotatable bonds is 6. The number of hydrogen-bond acceptors (Lipinski definition) is 7. The fourth-order valence-electron chi connectivity index (χ4n) is 2.37. The van der Waals surface area contributed by atoms with E-state index in [1.807, 2.05) is 42.1 Å². The molecule has 0 saturated heterocycles. The molecule has 9 heteroatoms. The Bertz CT molecular complexity index is 860. The minimum absolute atomic E-state index is 0.163. The molecule has 1 aromatic carbocycles. The molecule has 0 aliphatic heterocycles. The monoisotopic (exact) mass is 340 g/mol. The van der Waals surface area contributed by atoms with E-state index in [9.17, 15) is 10.1 Å². The molecule has 0 aliphatic carbocycles. The molecule has 2 heterocycles. The summed E-state index contributed by atoms with van der Waals surface area (Å²) in [7, 11) is 3.49. The average Bonchev–Trinajstić information content (AvgIpc) is 3.06. The van der Waals surface area contributed by atoms with E-state index in [-0.39, 0.29) is 17.7 Å². The van der Waals surface area contributed by atoms with Crippen molar-refractivity contribution in [1.29, 1.82) is 0 Å². The first-order chi connectivity index (χ1) is 12.1. The largest absolute Gasteiger partial charge is 0.497 e. The van der Waals surface area contributed by atoms with Crippen LogP contribution in [-0.2, 0) is 7.05 Å². The summed E-state index contributed by atoms with van der Waals surface area (Å²) < 4.78 is 7.07. The Hall–Kier alpha value is -3.49. The number of aromatic nitrogens is 4. The van der Waals surface area contributed by atoms with Crippen LogP contribution in [0, 0.1) is 10.1 Å². The number of imidazole rings is 1. The molecule has 9 nitrogen and oxygen atoms in total. The van der Waals surface area contributed by atoms with Crippen molar-refractivity contribution in [3.63, 3.8) is 0 Å². The third-order valence-electron chi connectivity index (χ3n) is 3.69. The molecule has 0 fully saturated rings. The Morgan fingerprint density at radius 3 is 2.40 bits per heavy atom. The maximum absolute atomic E-state index is 10.7. The highest BCUT2D eigenvalue weighted by Crippen LogP contribution is 2.26. The summed E-state index contributed by atoms with van der Waals surface area (Å²) in [6.45, 7) is 0. The average molecular weight is 340 g/mol. The van der Waals surface area contributed by atoms with Crippen LogP contribution in [0.2, 0.25) is 0 Å². The lowest BCUT2D eigenvalue weighted by molar-refractivity contribution is -0.385. The highest BCUT2D eigenvalue weighted by molar-refractivity contribution is 5.40. The molecule has 1 atom stereocenters. The zero-order valence-corrected chi connectivity index (χ0v) is 13.7. The number of nitrogens with one attached hydrogen (secondary N) is 1. The van der Waals surface area contributed by atoms with E-state index in [4.69, 9.17) is 4.74 Å². The highest BCUT2D eigenvalue weighted by atomic mass is 16.6. The van der Waals surface area contributed by atoms with Gasteiger partial charge >= 0.3 is 5.69 Å². The van der Waals surface area contributed by atoms with Crippen LogP contribution in [0.25, 0.3) is 0 Å². The second kappa shape index (κ2) is 6.95. The molecular weight excluding hydrogens is 324 g/mol. The van der Waals surface area contributed by atoms with Crippen LogP contribution < -0.4 is 10.1 Å². The van der Waals surface area contributed by atoms with Crippen LogP contribution in [0.3, 0.4) is 0 Å². The summed E-state index contributed by atoms with van der Waals surface area (Å²) in [5.41, 5.74) is 0.764. The van der Waals surface area contributed by atoms with Crippen molar-refractivity contribution in [2.45, 2.75) is 6.04 Å². The Kier molecular flexibility index (Phi) is 4.55. The van der Waals surface area contributed by atoms with Crippen LogP contribution in [0.15, 0.2) is 49.1 Å². The van der Waals surface area contributed by atoms with Crippen molar-refractivity contribution in [1.82, 2.24) is 19.5 Å². The quantitative estimate of drug-likeness (QED) is 0.542. The van der Waals surface area contributed by atoms with E-state index in [1.54, 1.807) is 13.3 Å². The van der Waals surface area contributed by atoms with Crippen molar-refractivity contribution < 1.29 is 9.66 Å². The number of nitrogens with zero attached hydrogens (tertiary/aromatic N) is 5. The van der Waals surface area contributed by atoms with Crippen molar-refractivity contribution in [3.05, 3.63) is 70.6 Å². The molecule has 1 N–H and O–H groups in total. The van der Waals surface area contributed by atoms with Gasteiger partial charge in [0.2, 0.25) is 5.95 Å². The summed E-state index contributed by atoms with van der Waals surface area (Å²) in [4.78, 5) is 22.6. The maximum Gasteiger partial charge on any atom is 0.305 e. The lowest BCUT2D eigenvalue weighted by Gasteiger charge is -2.19. The fraction of sp³-hybridized carbons (Fsp3) is 0.188. The molecule has 3 aromatic rings. The fourth-order valence-corrected chi connectivity index (χ4v) is 2.37. The Morgan fingerprint density at radius 1 is 1.20 bits per heavy atom. The van der Waals surface area contributed by atoms with Crippen LogP contribution in [0.5, 0.6) is 5.75 Å². The number of hydrogen-bond donors (Lipinski definition) is 1. The van der Waals surface area contributed by atoms with Crippen LogP contribution in [-0.4, -0.2) is 31.6 Å². The van der Waals surface area contributed by atoms with E-state index >= 15 is 0 Å². The Balaban J connectivity index is 1.93. The van der Waals surface area contributed by atoms with Gasteiger partial charge in [-0.1, -0.05) is 12.1 Å². The van der Waals surface area contributed by atoms with E-state index in [0.29, 0.717) is 0 Å². The summed E-state index contributed by atoms with van der Waals surface area (Å²) in [6.07, 6.45) is 5.87. The van der Waals surface area contributed by atoms with Gasteiger partial charge in [-0.15, -0.1) is 0 Å². The van der Waals surface area contributed by atoms with Crippen molar-refractivity contribution in [2.75, 3.05) is 12.4 Å². The minimum Gasteiger partial charge on any atom is -0.497 e. The molecule has 2 aromatic heterocycles. The summed E-state index contributed by atoms with van der Waals surface area (Å²) in [5.74, 6) is 1.77. The zero-order valence-electron chi connectivity index (χ0n) is 13.7. The van der Waals surface area contributed by atoms with Gasteiger partial charge in [-0.2, -0.15) is 0 Å². The Morgan fingerprint density at radius 2 is 1.88 bits per heavy atom. The molecule has 128 valence electrons. The second-order valence-corrected chi connectivity index (χ2v) is 5.27. The van der Waals surface area contributed by atoms with Gasteiger partial charge in [0.25, 0.3) is 0 Å². The number of benzene rings is 1. The van der Waals surface area contributed by atoms with Crippen LogP contribution in [0.4, 0.5) is 11.6 Å². The predicted molar refractivity (Wildman–Crippen MR) is 90.4 cm³/mol. The van der Waals surface area contributed by atoms with Crippen molar-refractivity contribution in [2.24, 2.45) is 7.05 Å². The molecule has 0 saturated carbocycles. The van der Waals surface area contributed by atoms with Crippen LogP contribution in [0.1, 0.15) is 17.4 Å². The van der Waals surface area contributed by atoms with Gasteiger partial charge in [-0.05, 0) is 17.7 Å². The number of nitro groups is 1. The van der Waals surface area contributed by atoms with Crippen molar-refractivity contribution >= 4 is 11.6 Å². The number of anilines is 1. The molecule has 25 heavy (non-hydrogen) atoms. The summed E-state index contributed by atoms with van der Waals surface area (Å²) in [6, 6.07) is 7.20. The maximum atomic E-state index is 10.7.